The number of carbonyl (C=O) groups is 2. The van der Waals surface area contributed by atoms with E-state index in [1.807, 2.05) is 68.4 Å². The van der Waals surface area contributed by atoms with Crippen molar-refractivity contribution in [2.24, 2.45) is 0 Å². The zero-order valence-corrected chi connectivity index (χ0v) is 19.0. The van der Waals surface area contributed by atoms with Gasteiger partial charge in [-0.05, 0) is 31.4 Å². The van der Waals surface area contributed by atoms with E-state index >= 15 is 0 Å². The molecule has 4 rings (SSSR count). The fourth-order valence-corrected chi connectivity index (χ4v) is 3.76. The number of cyclic esters (lactones) is 1. The molecule has 3 aromatic rings. The molecule has 0 saturated carbocycles. The van der Waals surface area contributed by atoms with E-state index in [9.17, 15) is 9.59 Å². The Balaban J connectivity index is 1.46. The second-order valence-electron chi connectivity index (χ2n) is 8.09. The molecule has 8 nitrogen and oxygen atoms in total. The van der Waals surface area contributed by atoms with Gasteiger partial charge in [0.15, 0.2) is 5.78 Å². The summed E-state index contributed by atoms with van der Waals surface area (Å²) in [7, 11) is 0. The van der Waals surface area contributed by atoms with Gasteiger partial charge in [0.05, 0.1) is 12.1 Å². The van der Waals surface area contributed by atoms with E-state index in [2.05, 4.69) is 20.3 Å². The van der Waals surface area contributed by atoms with Crippen LogP contribution in [0.5, 0.6) is 0 Å². The molecule has 2 atom stereocenters. The SMILES string of the molecule is CC[C@H]1COC(=O)N1c1nc(C)nc(N[C@@H](C)c2ccc(C(=O)Cc3ccccc3)cc2)n1. The Labute approximate surface area is 193 Å². The Morgan fingerprint density at radius 3 is 2.55 bits per heavy atom. The number of ether oxygens (including phenoxy) is 1. The van der Waals surface area contributed by atoms with Crippen molar-refractivity contribution < 1.29 is 14.3 Å². The number of hydrogen-bond acceptors (Lipinski definition) is 7. The third-order valence-corrected chi connectivity index (χ3v) is 5.67. The predicted octanol–water partition coefficient (Wildman–Crippen LogP) is 4.51. The monoisotopic (exact) mass is 445 g/mol. The van der Waals surface area contributed by atoms with Gasteiger partial charge in [-0.25, -0.2) is 9.69 Å². The van der Waals surface area contributed by atoms with E-state index in [4.69, 9.17) is 4.74 Å². The Morgan fingerprint density at radius 2 is 1.85 bits per heavy atom. The van der Waals surface area contributed by atoms with Gasteiger partial charge >= 0.3 is 6.09 Å². The van der Waals surface area contributed by atoms with Crippen LogP contribution in [0.25, 0.3) is 0 Å². The van der Waals surface area contributed by atoms with Crippen molar-refractivity contribution in [2.45, 2.75) is 45.7 Å². The summed E-state index contributed by atoms with van der Waals surface area (Å²) < 4.78 is 5.16. The fourth-order valence-electron chi connectivity index (χ4n) is 3.76. The number of hydrogen-bond donors (Lipinski definition) is 1. The summed E-state index contributed by atoms with van der Waals surface area (Å²) in [6.07, 6.45) is 0.672. The molecule has 0 spiro atoms. The number of rotatable bonds is 8. The van der Waals surface area contributed by atoms with Crippen molar-refractivity contribution in [2.75, 3.05) is 16.8 Å². The molecule has 1 N–H and O–H groups in total. The molecule has 0 unspecified atom stereocenters. The van der Waals surface area contributed by atoms with Crippen LogP contribution in [0.2, 0.25) is 0 Å². The molecule has 2 heterocycles. The highest BCUT2D eigenvalue weighted by molar-refractivity contribution is 5.97. The number of anilines is 2. The van der Waals surface area contributed by atoms with Crippen LogP contribution in [0, 0.1) is 6.92 Å². The lowest BCUT2D eigenvalue weighted by Crippen LogP contribution is -2.34. The molecule has 8 heteroatoms. The van der Waals surface area contributed by atoms with Crippen molar-refractivity contribution >= 4 is 23.8 Å². The fraction of sp³-hybridized carbons (Fsp3) is 0.320. The number of amides is 1. The third kappa shape index (κ3) is 5.16. The zero-order valence-electron chi connectivity index (χ0n) is 19.0. The molecule has 1 amide bonds. The smallest absolute Gasteiger partial charge is 0.417 e. The maximum atomic E-state index is 12.6. The third-order valence-electron chi connectivity index (χ3n) is 5.67. The van der Waals surface area contributed by atoms with E-state index < -0.39 is 6.09 Å². The van der Waals surface area contributed by atoms with E-state index in [0.717, 1.165) is 17.5 Å². The number of aryl methyl sites for hydroxylation is 1. The number of Topliss-reactive ketones (excluding diaryl/α,β-unsaturated/α-hetero) is 1. The lowest BCUT2D eigenvalue weighted by atomic mass is 10.0. The quantitative estimate of drug-likeness (QED) is 0.509. The number of aromatic nitrogens is 3. The summed E-state index contributed by atoms with van der Waals surface area (Å²) in [5, 5.41) is 3.27. The first-order chi connectivity index (χ1) is 15.9. The molecule has 1 aliphatic heterocycles. The minimum absolute atomic E-state index is 0.0778. The first-order valence-corrected chi connectivity index (χ1v) is 11.1. The maximum Gasteiger partial charge on any atom is 0.417 e. The van der Waals surface area contributed by atoms with Crippen LogP contribution < -0.4 is 10.2 Å². The van der Waals surface area contributed by atoms with Gasteiger partial charge in [-0.3, -0.25) is 4.79 Å². The van der Waals surface area contributed by atoms with Crippen LogP contribution in [-0.4, -0.2) is 39.5 Å². The van der Waals surface area contributed by atoms with Gasteiger partial charge < -0.3 is 10.1 Å². The number of nitrogens with zero attached hydrogens (tertiary/aromatic N) is 4. The Morgan fingerprint density at radius 1 is 1.12 bits per heavy atom. The van der Waals surface area contributed by atoms with Crippen LogP contribution in [0.4, 0.5) is 16.7 Å². The minimum Gasteiger partial charge on any atom is -0.447 e. The second-order valence-corrected chi connectivity index (χ2v) is 8.09. The largest absolute Gasteiger partial charge is 0.447 e. The molecule has 0 aliphatic carbocycles. The molecule has 1 saturated heterocycles. The van der Waals surface area contributed by atoms with E-state index in [-0.39, 0.29) is 23.8 Å². The number of ketones is 1. The highest BCUT2D eigenvalue weighted by Crippen LogP contribution is 2.24. The average molecular weight is 446 g/mol. The van der Waals surface area contributed by atoms with E-state index in [1.54, 1.807) is 6.92 Å². The first-order valence-electron chi connectivity index (χ1n) is 11.1. The summed E-state index contributed by atoms with van der Waals surface area (Å²) >= 11 is 0. The molecule has 2 aromatic carbocycles. The zero-order chi connectivity index (χ0) is 23.4. The van der Waals surface area contributed by atoms with Crippen molar-refractivity contribution in [1.82, 2.24) is 15.0 Å². The van der Waals surface area contributed by atoms with Gasteiger partial charge in [0, 0.05) is 12.0 Å². The van der Waals surface area contributed by atoms with Gasteiger partial charge in [-0.15, -0.1) is 0 Å². The lowest BCUT2D eigenvalue weighted by Gasteiger charge is -2.20. The van der Waals surface area contributed by atoms with Crippen molar-refractivity contribution in [3.63, 3.8) is 0 Å². The molecule has 1 fully saturated rings. The molecular formula is C25H27N5O3. The highest BCUT2D eigenvalue weighted by Gasteiger charge is 2.35. The second kappa shape index (κ2) is 9.77. The van der Waals surface area contributed by atoms with Crippen LogP contribution >= 0.6 is 0 Å². The molecule has 1 aromatic heterocycles. The summed E-state index contributed by atoms with van der Waals surface area (Å²) in [6.45, 7) is 6.06. The summed E-state index contributed by atoms with van der Waals surface area (Å²) in [4.78, 5) is 39.4. The highest BCUT2D eigenvalue weighted by atomic mass is 16.6. The number of carbonyl (C=O) groups excluding carboxylic acids is 2. The van der Waals surface area contributed by atoms with Crippen LogP contribution in [-0.2, 0) is 11.2 Å². The van der Waals surface area contributed by atoms with Crippen molar-refractivity contribution in [3.05, 3.63) is 77.1 Å². The Bertz CT molecular complexity index is 1130. The van der Waals surface area contributed by atoms with Gasteiger partial charge in [-0.1, -0.05) is 61.5 Å². The minimum atomic E-state index is -0.442. The molecule has 1 aliphatic rings. The van der Waals surface area contributed by atoms with Gasteiger partial charge in [0.25, 0.3) is 0 Å². The van der Waals surface area contributed by atoms with Crippen LogP contribution in [0.3, 0.4) is 0 Å². The summed E-state index contributed by atoms with van der Waals surface area (Å²) in [5.74, 6) is 1.25. The number of nitrogens with one attached hydrogen (secondary N) is 1. The van der Waals surface area contributed by atoms with Crippen LogP contribution in [0.1, 0.15) is 53.6 Å². The molecule has 0 bridgehead atoms. The summed E-state index contributed by atoms with van der Waals surface area (Å²) in [5.41, 5.74) is 2.65. The standard InChI is InChI=1S/C25H27N5O3/c1-4-21-15-33-25(32)30(21)24-28-17(3)27-23(29-24)26-16(2)19-10-12-20(13-11-19)22(31)14-18-8-6-5-7-9-18/h5-13,16,21H,4,14-15H2,1-3H3,(H,26,27,28,29)/t16-,21-/m0/s1. The lowest BCUT2D eigenvalue weighted by molar-refractivity contribution is 0.0993. The predicted molar refractivity (Wildman–Crippen MR) is 125 cm³/mol. The topological polar surface area (TPSA) is 97.3 Å². The van der Waals surface area contributed by atoms with E-state index in [0.29, 0.717) is 30.4 Å². The molecule has 170 valence electrons. The van der Waals surface area contributed by atoms with Crippen molar-refractivity contribution in [3.8, 4) is 0 Å². The maximum absolute atomic E-state index is 12.6. The Kier molecular flexibility index (Phi) is 6.63. The average Bonchev–Trinajstić information content (AvgIpc) is 3.20. The van der Waals surface area contributed by atoms with Crippen LogP contribution in [0.15, 0.2) is 54.6 Å². The summed E-state index contributed by atoms with van der Waals surface area (Å²) in [6, 6.07) is 17.0. The van der Waals surface area contributed by atoms with Gasteiger partial charge in [0.1, 0.15) is 12.4 Å². The van der Waals surface area contributed by atoms with Crippen molar-refractivity contribution in [1.29, 1.82) is 0 Å². The van der Waals surface area contributed by atoms with Gasteiger partial charge in [-0.2, -0.15) is 15.0 Å². The molecule has 33 heavy (non-hydrogen) atoms. The Hall–Kier alpha value is -3.81. The normalized spacial score (nSPS) is 16.4. The van der Waals surface area contributed by atoms with E-state index in [1.165, 1.54) is 4.90 Å². The van der Waals surface area contributed by atoms with Gasteiger partial charge in [0.2, 0.25) is 11.9 Å². The number of benzene rings is 2. The first kappa shape index (κ1) is 22.4. The molecular weight excluding hydrogens is 418 g/mol. The molecule has 0 radical (unpaired) electrons.